The van der Waals surface area contributed by atoms with Gasteiger partial charge in [0.1, 0.15) is 12.3 Å². The minimum atomic E-state index is -1.20. The molecule has 0 aliphatic heterocycles. The first-order valence-corrected chi connectivity index (χ1v) is 5.56. The maximum atomic E-state index is 10.5. The number of likely N-dealkylation sites (N-methyl/N-ethyl adjacent to an activating group) is 1. The molecule has 0 aliphatic carbocycles. The van der Waals surface area contributed by atoms with Gasteiger partial charge in [0.2, 0.25) is 6.73 Å². The maximum absolute atomic E-state index is 10.5. The minimum Gasteiger partial charge on any atom is -0.545 e. The molecule has 1 atom stereocenters. The van der Waals surface area contributed by atoms with Crippen LogP contribution in [0.4, 0.5) is 0 Å². The summed E-state index contributed by atoms with van der Waals surface area (Å²) in [5.41, 5.74) is 0.132. The van der Waals surface area contributed by atoms with E-state index in [0.29, 0.717) is 19.0 Å². The Labute approximate surface area is 100 Å². The molecule has 17 heavy (non-hydrogen) atoms. The van der Waals surface area contributed by atoms with E-state index >= 15 is 0 Å². The fourth-order valence-corrected chi connectivity index (χ4v) is 1.38. The Morgan fingerprint density at radius 2 is 2.06 bits per heavy atom. The summed E-state index contributed by atoms with van der Waals surface area (Å²) in [7, 11) is 0. The smallest absolute Gasteiger partial charge is 0.222 e. The van der Waals surface area contributed by atoms with Crippen LogP contribution in [0.1, 0.15) is 17.3 Å². The predicted molar refractivity (Wildman–Crippen MR) is 59.7 cm³/mol. The summed E-state index contributed by atoms with van der Waals surface area (Å²) in [5, 5.41) is 19.3. The molecule has 0 spiro atoms. The topological polar surface area (TPSA) is 74.0 Å². The second-order valence-corrected chi connectivity index (χ2v) is 3.68. The number of ether oxygens (including phenoxy) is 1. The number of aliphatic hydroxyl groups is 1. The Kier molecular flexibility index (Phi) is 5.45. The third-order valence-corrected chi connectivity index (χ3v) is 2.50. The van der Waals surface area contributed by atoms with Gasteiger partial charge in [-0.2, -0.15) is 0 Å². The van der Waals surface area contributed by atoms with Crippen LogP contribution in [-0.2, 0) is 0 Å². The quantitative estimate of drug-likeness (QED) is 0.555. The lowest BCUT2D eigenvalue weighted by molar-refractivity contribution is -0.914. The first kappa shape index (κ1) is 13.5. The molecule has 1 aromatic carbocycles. The number of benzene rings is 1. The van der Waals surface area contributed by atoms with Crippen LogP contribution in [0.5, 0.6) is 5.75 Å². The average molecular weight is 239 g/mol. The summed E-state index contributed by atoms with van der Waals surface area (Å²) in [5.74, 6) is -0.587. The van der Waals surface area contributed by atoms with Crippen molar-refractivity contribution in [3.63, 3.8) is 0 Å². The van der Waals surface area contributed by atoms with E-state index < -0.39 is 5.97 Å². The van der Waals surface area contributed by atoms with Gasteiger partial charge in [-0.15, -0.1) is 0 Å². The Balaban J connectivity index is 2.48. The molecule has 5 heteroatoms. The standard InChI is InChI=1S/C12H17NO4/c1-2-13(7-8-14)9-17-11-5-3-10(4-6-11)12(15)16/h3-6,14H,2,7-9H2,1H3,(H,15,16). The zero-order valence-corrected chi connectivity index (χ0v) is 9.81. The van der Waals surface area contributed by atoms with Gasteiger partial charge in [-0.3, -0.25) is 0 Å². The van der Waals surface area contributed by atoms with Crippen LogP contribution in [0.3, 0.4) is 0 Å². The average Bonchev–Trinajstić information content (AvgIpc) is 2.35. The normalized spacial score (nSPS) is 12.1. The van der Waals surface area contributed by atoms with Gasteiger partial charge in [0.05, 0.1) is 19.1 Å². The molecule has 0 amide bonds. The fourth-order valence-electron chi connectivity index (χ4n) is 1.38. The van der Waals surface area contributed by atoms with E-state index in [1.54, 1.807) is 12.1 Å². The molecule has 0 fully saturated rings. The maximum Gasteiger partial charge on any atom is 0.222 e. The predicted octanol–water partition coefficient (Wildman–Crippen LogP) is -1.72. The van der Waals surface area contributed by atoms with Crippen molar-refractivity contribution in [3.8, 4) is 5.75 Å². The van der Waals surface area contributed by atoms with E-state index in [1.807, 2.05) is 6.92 Å². The van der Waals surface area contributed by atoms with E-state index in [9.17, 15) is 9.90 Å². The van der Waals surface area contributed by atoms with Crippen LogP contribution in [-0.4, -0.2) is 37.5 Å². The molecule has 2 N–H and O–H groups in total. The van der Waals surface area contributed by atoms with E-state index in [4.69, 9.17) is 9.84 Å². The van der Waals surface area contributed by atoms with Gasteiger partial charge in [0, 0.05) is 0 Å². The summed E-state index contributed by atoms with van der Waals surface area (Å²) < 4.78 is 5.48. The Bertz CT molecular complexity index is 350. The number of hydrogen-bond acceptors (Lipinski definition) is 4. The molecule has 94 valence electrons. The van der Waals surface area contributed by atoms with Crippen molar-refractivity contribution in [1.29, 1.82) is 0 Å². The highest BCUT2D eigenvalue weighted by atomic mass is 16.5. The van der Waals surface area contributed by atoms with Crippen LogP contribution in [0.25, 0.3) is 0 Å². The summed E-state index contributed by atoms with van der Waals surface area (Å²) in [6.45, 7) is 4.07. The number of carbonyl (C=O) groups excluding carboxylic acids is 1. The third-order valence-electron chi connectivity index (χ3n) is 2.50. The number of aliphatic hydroxyl groups excluding tert-OH is 1. The van der Waals surface area contributed by atoms with Gasteiger partial charge < -0.3 is 24.6 Å². The molecule has 0 saturated heterocycles. The molecule has 1 unspecified atom stereocenters. The highest BCUT2D eigenvalue weighted by Crippen LogP contribution is 2.10. The van der Waals surface area contributed by atoms with Crippen molar-refractivity contribution in [1.82, 2.24) is 0 Å². The van der Waals surface area contributed by atoms with Crippen LogP contribution >= 0.6 is 0 Å². The highest BCUT2D eigenvalue weighted by Gasteiger charge is 2.05. The molecular weight excluding hydrogens is 222 g/mol. The van der Waals surface area contributed by atoms with Crippen molar-refractivity contribution >= 4 is 5.97 Å². The molecule has 0 aromatic heterocycles. The highest BCUT2D eigenvalue weighted by molar-refractivity contribution is 5.85. The largest absolute Gasteiger partial charge is 0.545 e. The van der Waals surface area contributed by atoms with Crippen molar-refractivity contribution < 1.29 is 24.6 Å². The number of carboxylic acid groups (broad SMARTS) is 1. The van der Waals surface area contributed by atoms with Gasteiger partial charge in [-0.1, -0.05) is 0 Å². The van der Waals surface area contributed by atoms with Crippen LogP contribution < -0.4 is 14.7 Å². The van der Waals surface area contributed by atoms with E-state index in [2.05, 4.69) is 0 Å². The van der Waals surface area contributed by atoms with Gasteiger partial charge in [0.25, 0.3) is 0 Å². The van der Waals surface area contributed by atoms with Gasteiger partial charge in [0.15, 0.2) is 0 Å². The van der Waals surface area contributed by atoms with Crippen LogP contribution in [0.15, 0.2) is 24.3 Å². The molecule has 5 nitrogen and oxygen atoms in total. The number of rotatable bonds is 7. The molecule has 0 heterocycles. The zero-order valence-electron chi connectivity index (χ0n) is 9.81. The number of nitrogens with one attached hydrogen (secondary N) is 1. The van der Waals surface area contributed by atoms with Crippen molar-refractivity contribution in [2.75, 3.05) is 26.4 Å². The third kappa shape index (κ3) is 4.42. The van der Waals surface area contributed by atoms with Crippen LogP contribution in [0, 0.1) is 0 Å². The number of carboxylic acids is 1. The lowest BCUT2D eigenvalue weighted by Gasteiger charge is -2.16. The van der Waals surface area contributed by atoms with Gasteiger partial charge in [-0.05, 0) is 36.8 Å². The first-order chi connectivity index (χ1) is 8.17. The molecule has 1 aromatic rings. The summed E-state index contributed by atoms with van der Waals surface area (Å²) in [6.07, 6.45) is 0. The SMILES string of the molecule is CC[NH+](CCO)COc1ccc(C(=O)[O-])cc1. The zero-order chi connectivity index (χ0) is 12.7. The van der Waals surface area contributed by atoms with E-state index in [0.717, 1.165) is 11.4 Å². The molecule has 0 saturated carbocycles. The summed E-state index contributed by atoms with van der Waals surface area (Å²) in [6, 6.07) is 6.08. The summed E-state index contributed by atoms with van der Waals surface area (Å²) >= 11 is 0. The van der Waals surface area contributed by atoms with Crippen molar-refractivity contribution in [2.24, 2.45) is 0 Å². The molecule has 0 aliphatic rings. The minimum absolute atomic E-state index is 0.121. The monoisotopic (exact) mass is 239 g/mol. The molecule has 1 rings (SSSR count). The van der Waals surface area contributed by atoms with E-state index in [-0.39, 0.29) is 12.2 Å². The second kappa shape index (κ2) is 6.88. The second-order valence-electron chi connectivity index (χ2n) is 3.68. The fraction of sp³-hybridized carbons (Fsp3) is 0.417. The number of carbonyl (C=O) groups is 1. The molecular formula is C12H17NO4. The Hall–Kier alpha value is -1.59. The lowest BCUT2D eigenvalue weighted by atomic mass is 10.2. The Morgan fingerprint density at radius 3 is 2.53 bits per heavy atom. The van der Waals surface area contributed by atoms with Gasteiger partial charge >= 0.3 is 0 Å². The van der Waals surface area contributed by atoms with Crippen LogP contribution in [0.2, 0.25) is 0 Å². The number of quaternary nitrogens is 1. The molecule has 0 radical (unpaired) electrons. The first-order valence-electron chi connectivity index (χ1n) is 5.56. The summed E-state index contributed by atoms with van der Waals surface area (Å²) in [4.78, 5) is 11.6. The molecule has 0 bridgehead atoms. The Morgan fingerprint density at radius 1 is 1.41 bits per heavy atom. The number of aromatic carboxylic acids is 1. The van der Waals surface area contributed by atoms with Crippen molar-refractivity contribution in [3.05, 3.63) is 29.8 Å². The lowest BCUT2D eigenvalue weighted by Crippen LogP contribution is -3.13. The van der Waals surface area contributed by atoms with Gasteiger partial charge in [-0.25, -0.2) is 0 Å². The van der Waals surface area contributed by atoms with Crippen molar-refractivity contribution in [2.45, 2.75) is 6.92 Å². The number of hydrogen-bond donors (Lipinski definition) is 2. The van der Waals surface area contributed by atoms with E-state index in [1.165, 1.54) is 12.1 Å².